The molecule has 0 radical (unpaired) electrons. The fourth-order valence-electron chi connectivity index (χ4n) is 3.90. The van der Waals surface area contributed by atoms with E-state index in [9.17, 15) is 5.11 Å². The first-order valence-corrected chi connectivity index (χ1v) is 9.90. The molecule has 144 valence electrons. The van der Waals surface area contributed by atoms with Crippen LogP contribution in [0.4, 0.5) is 11.6 Å². The Kier molecular flexibility index (Phi) is 4.48. The zero-order valence-electron chi connectivity index (χ0n) is 16.1. The van der Waals surface area contributed by atoms with Gasteiger partial charge in [-0.15, -0.1) is 0 Å². The van der Waals surface area contributed by atoms with Crippen LogP contribution in [0.25, 0.3) is 22.2 Å². The lowest BCUT2D eigenvalue weighted by molar-refractivity contribution is 0.472. The molecule has 1 N–H and O–H groups in total. The summed E-state index contributed by atoms with van der Waals surface area (Å²) in [6, 6.07) is 26.0. The van der Waals surface area contributed by atoms with E-state index in [0.717, 1.165) is 60.0 Å². The Morgan fingerprint density at radius 3 is 2.10 bits per heavy atom. The second-order valence-electron chi connectivity index (χ2n) is 7.22. The number of piperazine rings is 1. The highest BCUT2D eigenvalue weighted by Gasteiger charge is 2.22. The second-order valence-corrected chi connectivity index (χ2v) is 7.22. The molecule has 1 aliphatic heterocycles. The van der Waals surface area contributed by atoms with Crippen LogP contribution in [0.5, 0.6) is 5.75 Å². The number of rotatable bonds is 3. The number of benzene rings is 3. The minimum Gasteiger partial charge on any atom is -0.506 e. The van der Waals surface area contributed by atoms with Crippen molar-refractivity contribution in [3.63, 3.8) is 0 Å². The molecule has 0 bridgehead atoms. The second kappa shape index (κ2) is 7.43. The highest BCUT2D eigenvalue weighted by atomic mass is 16.3. The maximum Gasteiger partial charge on any atom is 0.226 e. The molecule has 5 nitrogen and oxygen atoms in total. The topological polar surface area (TPSA) is 52.5 Å². The number of phenols is 1. The van der Waals surface area contributed by atoms with Gasteiger partial charge in [0, 0.05) is 37.1 Å². The third-order valence-electron chi connectivity index (χ3n) is 5.42. The Labute approximate surface area is 169 Å². The van der Waals surface area contributed by atoms with E-state index in [-0.39, 0.29) is 0 Å². The van der Waals surface area contributed by atoms with E-state index in [1.807, 2.05) is 54.6 Å². The zero-order chi connectivity index (χ0) is 19.6. The number of fused-ring (bicyclic) bond motifs is 1. The van der Waals surface area contributed by atoms with Crippen molar-refractivity contribution in [1.29, 1.82) is 0 Å². The van der Waals surface area contributed by atoms with Gasteiger partial charge in [-0.2, -0.15) is 0 Å². The highest BCUT2D eigenvalue weighted by Crippen LogP contribution is 2.30. The van der Waals surface area contributed by atoms with E-state index in [1.54, 1.807) is 6.07 Å². The van der Waals surface area contributed by atoms with E-state index >= 15 is 0 Å². The lowest BCUT2D eigenvalue weighted by Crippen LogP contribution is -2.47. The van der Waals surface area contributed by atoms with Gasteiger partial charge in [-0.3, -0.25) is 0 Å². The third kappa shape index (κ3) is 3.36. The molecule has 0 spiro atoms. The summed E-state index contributed by atoms with van der Waals surface area (Å²) in [5, 5.41) is 11.2. The van der Waals surface area contributed by atoms with Gasteiger partial charge in [-0.1, -0.05) is 60.7 Å². The summed E-state index contributed by atoms with van der Waals surface area (Å²) < 4.78 is 0. The molecule has 0 aliphatic carbocycles. The van der Waals surface area contributed by atoms with Gasteiger partial charge in [-0.05, 0) is 18.2 Å². The van der Waals surface area contributed by atoms with E-state index < -0.39 is 0 Å². The molecular formula is C24H22N4O. The quantitative estimate of drug-likeness (QED) is 0.572. The molecule has 1 saturated heterocycles. The van der Waals surface area contributed by atoms with Crippen LogP contribution in [0.2, 0.25) is 0 Å². The van der Waals surface area contributed by atoms with Gasteiger partial charge in [0.1, 0.15) is 5.75 Å². The molecule has 1 aromatic heterocycles. The zero-order valence-corrected chi connectivity index (χ0v) is 16.1. The van der Waals surface area contributed by atoms with Crippen LogP contribution in [-0.2, 0) is 0 Å². The van der Waals surface area contributed by atoms with Crippen molar-refractivity contribution in [3.8, 4) is 17.0 Å². The first-order valence-electron chi connectivity index (χ1n) is 9.90. The van der Waals surface area contributed by atoms with Gasteiger partial charge in [-0.25, -0.2) is 9.97 Å². The van der Waals surface area contributed by atoms with Gasteiger partial charge in [0.05, 0.1) is 16.9 Å². The Morgan fingerprint density at radius 1 is 0.655 bits per heavy atom. The predicted octanol–water partition coefficient (Wildman–Crippen LogP) is 4.33. The van der Waals surface area contributed by atoms with Crippen LogP contribution in [-0.4, -0.2) is 41.3 Å². The van der Waals surface area contributed by atoms with Crippen LogP contribution in [0, 0.1) is 0 Å². The summed E-state index contributed by atoms with van der Waals surface area (Å²) in [5.74, 6) is 1.09. The lowest BCUT2D eigenvalue weighted by Gasteiger charge is -2.36. The minimum absolute atomic E-state index is 0.328. The van der Waals surface area contributed by atoms with Crippen LogP contribution < -0.4 is 9.80 Å². The van der Waals surface area contributed by atoms with Crippen molar-refractivity contribution in [3.05, 3.63) is 78.9 Å². The fourth-order valence-corrected chi connectivity index (χ4v) is 3.90. The largest absolute Gasteiger partial charge is 0.506 e. The van der Waals surface area contributed by atoms with E-state index in [4.69, 9.17) is 9.97 Å². The summed E-state index contributed by atoms with van der Waals surface area (Å²) in [6.07, 6.45) is 0. The standard InChI is InChI=1S/C24H22N4O/c29-22-13-7-6-12-21(22)27-14-16-28(17-15-27)24-25-20-11-5-4-10-19(20)23(26-24)18-8-2-1-3-9-18/h1-13,29H,14-17H2. The van der Waals surface area contributed by atoms with Crippen LogP contribution in [0.1, 0.15) is 0 Å². The monoisotopic (exact) mass is 382 g/mol. The van der Waals surface area contributed by atoms with Crippen molar-refractivity contribution in [2.45, 2.75) is 0 Å². The number of para-hydroxylation sites is 3. The summed E-state index contributed by atoms with van der Waals surface area (Å²) >= 11 is 0. The highest BCUT2D eigenvalue weighted by molar-refractivity contribution is 5.93. The predicted molar refractivity (Wildman–Crippen MR) is 118 cm³/mol. The molecule has 3 aromatic carbocycles. The number of aromatic nitrogens is 2. The molecule has 0 saturated carbocycles. The fraction of sp³-hybridized carbons (Fsp3) is 0.167. The number of hydrogen-bond acceptors (Lipinski definition) is 5. The molecule has 1 aliphatic rings. The van der Waals surface area contributed by atoms with Crippen molar-refractivity contribution in [2.75, 3.05) is 36.0 Å². The van der Waals surface area contributed by atoms with Gasteiger partial charge in [0.2, 0.25) is 5.95 Å². The molecule has 5 heteroatoms. The van der Waals surface area contributed by atoms with Crippen LogP contribution >= 0.6 is 0 Å². The molecule has 0 unspecified atom stereocenters. The normalized spacial score (nSPS) is 14.3. The van der Waals surface area contributed by atoms with Crippen molar-refractivity contribution < 1.29 is 5.11 Å². The number of phenolic OH excluding ortho intramolecular Hbond substituents is 1. The molecule has 5 rings (SSSR count). The lowest BCUT2D eigenvalue weighted by atomic mass is 10.1. The Balaban J connectivity index is 1.46. The Morgan fingerprint density at radius 2 is 1.31 bits per heavy atom. The Bertz CT molecular complexity index is 1140. The molecule has 29 heavy (non-hydrogen) atoms. The van der Waals surface area contributed by atoms with Gasteiger partial charge >= 0.3 is 0 Å². The smallest absolute Gasteiger partial charge is 0.226 e. The minimum atomic E-state index is 0.328. The Hall–Kier alpha value is -3.60. The maximum atomic E-state index is 10.1. The van der Waals surface area contributed by atoms with Gasteiger partial charge in [0.15, 0.2) is 0 Å². The summed E-state index contributed by atoms with van der Waals surface area (Å²) in [4.78, 5) is 14.2. The van der Waals surface area contributed by atoms with Gasteiger partial charge in [0.25, 0.3) is 0 Å². The van der Waals surface area contributed by atoms with Crippen molar-refractivity contribution >= 4 is 22.5 Å². The third-order valence-corrected chi connectivity index (χ3v) is 5.42. The number of anilines is 2. The number of nitrogens with zero attached hydrogens (tertiary/aromatic N) is 4. The average molecular weight is 382 g/mol. The molecule has 0 amide bonds. The first kappa shape index (κ1) is 17.5. The van der Waals surface area contributed by atoms with Crippen LogP contribution in [0.15, 0.2) is 78.9 Å². The molecule has 2 heterocycles. The molecule has 4 aromatic rings. The maximum absolute atomic E-state index is 10.1. The van der Waals surface area contributed by atoms with Crippen LogP contribution in [0.3, 0.4) is 0 Å². The first-order chi connectivity index (χ1) is 14.3. The van der Waals surface area contributed by atoms with E-state index in [0.29, 0.717) is 5.75 Å². The van der Waals surface area contributed by atoms with E-state index in [2.05, 4.69) is 28.0 Å². The number of aromatic hydroxyl groups is 1. The summed E-state index contributed by atoms with van der Waals surface area (Å²) in [7, 11) is 0. The van der Waals surface area contributed by atoms with Gasteiger partial charge < -0.3 is 14.9 Å². The SMILES string of the molecule is Oc1ccccc1N1CCN(c2nc(-c3ccccc3)c3ccccc3n2)CC1. The molecule has 0 atom stereocenters. The summed E-state index contributed by atoms with van der Waals surface area (Å²) in [5.41, 5.74) is 3.91. The average Bonchev–Trinajstić information content (AvgIpc) is 2.79. The van der Waals surface area contributed by atoms with E-state index in [1.165, 1.54) is 0 Å². The molecular weight excluding hydrogens is 360 g/mol. The van der Waals surface area contributed by atoms with Crippen molar-refractivity contribution in [1.82, 2.24) is 9.97 Å². The molecule has 1 fully saturated rings. The van der Waals surface area contributed by atoms with Crippen molar-refractivity contribution in [2.24, 2.45) is 0 Å². The number of hydrogen-bond donors (Lipinski definition) is 1. The summed E-state index contributed by atoms with van der Waals surface area (Å²) in [6.45, 7) is 3.24.